The first kappa shape index (κ1) is 14.0. The lowest BCUT2D eigenvalue weighted by Crippen LogP contribution is -2.30. The number of rotatable bonds is 6. The van der Waals surface area contributed by atoms with E-state index in [-0.39, 0.29) is 5.91 Å². The number of carboxylic acids is 1. The van der Waals surface area contributed by atoms with Crippen molar-refractivity contribution in [3.8, 4) is 0 Å². The van der Waals surface area contributed by atoms with Gasteiger partial charge in [0.2, 0.25) is 5.91 Å². The van der Waals surface area contributed by atoms with Gasteiger partial charge in [0.15, 0.2) is 0 Å². The van der Waals surface area contributed by atoms with Crippen LogP contribution in [0.1, 0.15) is 33.6 Å². The van der Waals surface area contributed by atoms with Crippen molar-refractivity contribution in [2.24, 2.45) is 17.3 Å². The van der Waals surface area contributed by atoms with E-state index in [0.717, 1.165) is 0 Å². The number of nitrogens with one attached hydrogen (secondary N) is 1. The van der Waals surface area contributed by atoms with Gasteiger partial charge < -0.3 is 15.5 Å². The van der Waals surface area contributed by atoms with Gasteiger partial charge in [-0.2, -0.15) is 0 Å². The third-order valence-electron chi connectivity index (χ3n) is 3.62. The van der Waals surface area contributed by atoms with Crippen LogP contribution in [0.15, 0.2) is 0 Å². The van der Waals surface area contributed by atoms with E-state index in [2.05, 4.69) is 5.32 Å². The highest BCUT2D eigenvalue weighted by molar-refractivity contribution is 5.91. The number of aliphatic carboxylic acids is 1. The maximum Gasteiger partial charge on any atom is 0.307 e. The summed E-state index contributed by atoms with van der Waals surface area (Å²) >= 11 is 0. The molecule has 98 valence electrons. The average Bonchev–Trinajstić information content (AvgIpc) is 2.81. The third-order valence-corrected chi connectivity index (χ3v) is 3.62. The molecule has 1 saturated carbocycles. The summed E-state index contributed by atoms with van der Waals surface area (Å²) in [5, 5.41) is 21.0. The van der Waals surface area contributed by atoms with Crippen molar-refractivity contribution in [3.63, 3.8) is 0 Å². The fraction of sp³-hybridized carbons (Fsp3) is 0.833. The number of carboxylic acid groups (broad SMARTS) is 1. The van der Waals surface area contributed by atoms with Crippen molar-refractivity contribution in [3.05, 3.63) is 0 Å². The summed E-state index contributed by atoms with van der Waals surface area (Å²) in [6.07, 6.45) is 0.758. The van der Waals surface area contributed by atoms with E-state index in [1.54, 1.807) is 13.8 Å². The Balaban J connectivity index is 2.38. The highest BCUT2D eigenvalue weighted by atomic mass is 16.4. The fourth-order valence-electron chi connectivity index (χ4n) is 2.26. The minimum absolute atomic E-state index is 0.217. The van der Waals surface area contributed by atoms with Crippen molar-refractivity contribution in [1.29, 1.82) is 0 Å². The summed E-state index contributed by atoms with van der Waals surface area (Å²) in [5.41, 5.74) is -0.459. The minimum atomic E-state index is -0.913. The predicted octanol–water partition coefficient (Wildman–Crippen LogP) is 0.620. The number of carbonyl (C=O) groups excluding carboxylic acids is 1. The topological polar surface area (TPSA) is 86.6 Å². The molecular formula is C12H21NO4. The highest BCUT2D eigenvalue weighted by Crippen LogP contribution is 2.58. The van der Waals surface area contributed by atoms with Gasteiger partial charge in [0.25, 0.3) is 0 Å². The lowest BCUT2D eigenvalue weighted by molar-refractivity contribution is -0.140. The molecule has 0 aliphatic heterocycles. The molecule has 1 aliphatic carbocycles. The lowest BCUT2D eigenvalue weighted by Gasteiger charge is -2.09. The number of aliphatic hydroxyl groups is 1. The average molecular weight is 243 g/mol. The first-order valence-electron chi connectivity index (χ1n) is 6.01. The molecule has 1 aliphatic rings. The summed E-state index contributed by atoms with van der Waals surface area (Å²) in [4.78, 5) is 22.6. The van der Waals surface area contributed by atoms with Crippen LogP contribution in [0.25, 0.3) is 0 Å². The van der Waals surface area contributed by atoms with Crippen molar-refractivity contribution in [1.82, 2.24) is 5.32 Å². The van der Waals surface area contributed by atoms with Crippen LogP contribution in [0.5, 0.6) is 0 Å². The van der Waals surface area contributed by atoms with Gasteiger partial charge >= 0.3 is 5.97 Å². The second-order valence-corrected chi connectivity index (χ2v) is 5.26. The molecule has 5 heteroatoms. The first-order chi connectivity index (χ1) is 7.82. The Kier molecular flexibility index (Phi) is 4.14. The van der Waals surface area contributed by atoms with Gasteiger partial charge in [-0.3, -0.25) is 9.59 Å². The zero-order valence-corrected chi connectivity index (χ0v) is 10.6. The molecule has 3 atom stereocenters. The number of carbonyl (C=O) groups is 2. The van der Waals surface area contributed by atoms with Crippen LogP contribution in [0.2, 0.25) is 0 Å². The van der Waals surface area contributed by atoms with Gasteiger partial charge in [0.1, 0.15) is 0 Å². The first-order valence-corrected chi connectivity index (χ1v) is 6.01. The molecule has 5 nitrogen and oxygen atoms in total. The van der Waals surface area contributed by atoms with Gasteiger partial charge in [0.05, 0.1) is 17.9 Å². The molecule has 1 fully saturated rings. The molecule has 0 bridgehead atoms. The quantitative estimate of drug-likeness (QED) is 0.638. The predicted molar refractivity (Wildman–Crippen MR) is 62.3 cm³/mol. The highest BCUT2D eigenvalue weighted by Gasteiger charge is 2.65. The zero-order valence-electron chi connectivity index (χ0n) is 10.6. The molecule has 3 N–H and O–H groups in total. The largest absolute Gasteiger partial charge is 0.481 e. The van der Waals surface area contributed by atoms with Gasteiger partial charge in [-0.05, 0) is 18.3 Å². The molecule has 0 heterocycles. The van der Waals surface area contributed by atoms with Crippen LogP contribution in [0.3, 0.4) is 0 Å². The van der Waals surface area contributed by atoms with Gasteiger partial charge in [-0.25, -0.2) is 0 Å². The van der Waals surface area contributed by atoms with E-state index < -0.39 is 29.3 Å². The van der Waals surface area contributed by atoms with E-state index in [1.165, 1.54) is 0 Å². The van der Waals surface area contributed by atoms with Gasteiger partial charge in [-0.15, -0.1) is 0 Å². The fourth-order valence-corrected chi connectivity index (χ4v) is 2.26. The Hall–Kier alpha value is -1.10. The van der Waals surface area contributed by atoms with Crippen LogP contribution in [-0.4, -0.2) is 34.7 Å². The summed E-state index contributed by atoms with van der Waals surface area (Å²) in [6.45, 7) is 5.84. The zero-order chi connectivity index (χ0) is 13.2. The molecule has 0 aromatic heterocycles. The Morgan fingerprint density at radius 1 is 1.35 bits per heavy atom. The SMILES string of the molecule is CCC(O)CCNC(=O)[C@H]1[C@@H](C(=O)O)C1(C)C. The van der Waals surface area contributed by atoms with E-state index in [1.807, 2.05) is 6.92 Å². The second-order valence-electron chi connectivity index (χ2n) is 5.26. The number of aliphatic hydroxyl groups excluding tert-OH is 1. The molecule has 1 rings (SSSR count). The van der Waals surface area contributed by atoms with Crippen LogP contribution in [-0.2, 0) is 9.59 Å². The summed E-state index contributed by atoms with van der Waals surface area (Å²) < 4.78 is 0. The van der Waals surface area contributed by atoms with Crippen LogP contribution in [0.4, 0.5) is 0 Å². The Labute approximate surface area is 101 Å². The number of amides is 1. The smallest absolute Gasteiger partial charge is 0.307 e. The van der Waals surface area contributed by atoms with E-state index in [4.69, 9.17) is 5.11 Å². The molecule has 0 saturated heterocycles. The van der Waals surface area contributed by atoms with E-state index >= 15 is 0 Å². The maximum absolute atomic E-state index is 11.7. The van der Waals surface area contributed by atoms with Crippen molar-refractivity contribution in [2.45, 2.75) is 39.7 Å². The normalized spacial score (nSPS) is 27.3. The molecule has 0 spiro atoms. The Morgan fingerprint density at radius 2 is 1.94 bits per heavy atom. The van der Waals surface area contributed by atoms with Gasteiger partial charge in [-0.1, -0.05) is 20.8 Å². The molecule has 17 heavy (non-hydrogen) atoms. The number of hydrogen-bond acceptors (Lipinski definition) is 3. The standard InChI is InChI=1S/C12H21NO4/c1-4-7(14)5-6-13-10(15)8-9(11(16)17)12(8,2)3/h7-9,14H,4-6H2,1-3H3,(H,13,15)(H,16,17)/t7?,8-,9+/m1/s1. The maximum atomic E-state index is 11.7. The molecule has 0 aromatic carbocycles. The number of hydrogen-bond donors (Lipinski definition) is 3. The van der Waals surface area contributed by atoms with Crippen LogP contribution in [0, 0.1) is 17.3 Å². The summed E-state index contributed by atoms with van der Waals surface area (Å²) in [6, 6.07) is 0. The third kappa shape index (κ3) is 2.97. The van der Waals surface area contributed by atoms with E-state index in [9.17, 15) is 14.7 Å². The second kappa shape index (κ2) is 5.04. The molecule has 0 radical (unpaired) electrons. The monoisotopic (exact) mass is 243 g/mol. The Bertz CT molecular complexity index is 314. The van der Waals surface area contributed by atoms with Gasteiger partial charge in [0, 0.05) is 6.54 Å². The molecule has 0 aromatic rings. The Morgan fingerprint density at radius 3 is 2.35 bits per heavy atom. The minimum Gasteiger partial charge on any atom is -0.481 e. The van der Waals surface area contributed by atoms with Crippen molar-refractivity contribution < 1.29 is 19.8 Å². The van der Waals surface area contributed by atoms with E-state index in [0.29, 0.717) is 19.4 Å². The molecule has 1 amide bonds. The summed E-state index contributed by atoms with van der Waals surface area (Å²) in [7, 11) is 0. The lowest BCUT2D eigenvalue weighted by atomic mass is 10.1. The van der Waals surface area contributed by atoms with Crippen molar-refractivity contribution >= 4 is 11.9 Å². The van der Waals surface area contributed by atoms with Crippen LogP contribution < -0.4 is 5.32 Å². The molecule has 1 unspecified atom stereocenters. The molecular weight excluding hydrogens is 222 g/mol. The van der Waals surface area contributed by atoms with Crippen molar-refractivity contribution in [2.75, 3.05) is 6.54 Å². The summed E-state index contributed by atoms with van der Waals surface area (Å²) in [5.74, 6) is -2.16. The van der Waals surface area contributed by atoms with Crippen LogP contribution >= 0.6 is 0 Å².